The number of benzene rings is 13. The molecule has 0 unspecified atom stereocenters. The molecule has 92 heavy (non-hydrogen) atoms. The highest BCUT2D eigenvalue weighted by Crippen LogP contribution is 2.52. The second kappa shape index (κ2) is 20.5. The molecule has 18 rings (SSSR count). The predicted molar refractivity (Wildman–Crippen MR) is 384 cm³/mol. The van der Waals surface area contributed by atoms with Crippen LogP contribution in [0.3, 0.4) is 0 Å². The predicted octanol–water partition coefficient (Wildman–Crippen LogP) is 23.0. The lowest BCUT2D eigenvalue weighted by Gasteiger charge is -2.22. The van der Waals surface area contributed by atoms with E-state index in [1.54, 1.807) is 0 Å². The SMILES string of the molecule is CC1(C)c2ccccc2-c2ccc(-c3ccc4c(c3)c3ccccc3n4-c3cccc(-c4cc(-c5cccc(-c6ccc(-c7ccccc7)c(-c7ccccc7)c6)c5)nc(-n5c6ccccc6c6cc(-c7ccc8c(c7)C(C)(C)c7ccccc7-8)ccc65)n4)c3)cc21. The van der Waals surface area contributed by atoms with Crippen molar-refractivity contribution in [1.82, 2.24) is 19.1 Å². The summed E-state index contributed by atoms with van der Waals surface area (Å²) < 4.78 is 4.70. The van der Waals surface area contributed by atoms with Crippen molar-refractivity contribution in [3.8, 4) is 112 Å². The number of nitrogens with zero attached hydrogens (tertiary/aromatic N) is 4. The van der Waals surface area contributed by atoms with Crippen LogP contribution in [0.2, 0.25) is 0 Å². The lowest BCUT2D eigenvalue weighted by molar-refractivity contribution is 0.660. The van der Waals surface area contributed by atoms with Crippen molar-refractivity contribution in [1.29, 1.82) is 0 Å². The highest BCUT2D eigenvalue weighted by atomic mass is 15.2. The summed E-state index contributed by atoms with van der Waals surface area (Å²) in [6.07, 6.45) is 0. The molecule has 13 aromatic carbocycles. The van der Waals surface area contributed by atoms with Crippen molar-refractivity contribution in [2.24, 2.45) is 0 Å². The first-order valence-electron chi connectivity index (χ1n) is 32.0. The Labute approximate surface area is 535 Å². The van der Waals surface area contributed by atoms with Crippen LogP contribution in [0.25, 0.3) is 156 Å². The van der Waals surface area contributed by atoms with Gasteiger partial charge in [-0.1, -0.05) is 252 Å². The van der Waals surface area contributed by atoms with Crippen LogP contribution in [-0.4, -0.2) is 19.1 Å². The van der Waals surface area contributed by atoms with E-state index >= 15 is 0 Å². The van der Waals surface area contributed by atoms with E-state index in [9.17, 15) is 0 Å². The third-order valence-electron chi connectivity index (χ3n) is 20.2. The first-order valence-corrected chi connectivity index (χ1v) is 32.0. The van der Waals surface area contributed by atoms with Crippen molar-refractivity contribution in [3.63, 3.8) is 0 Å². The molecule has 0 fully saturated rings. The van der Waals surface area contributed by atoms with E-state index in [0.29, 0.717) is 5.95 Å². The van der Waals surface area contributed by atoms with E-state index in [4.69, 9.17) is 9.97 Å². The molecule has 0 spiro atoms. The fourth-order valence-corrected chi connectivity index (χ4v) is 15.5. The molecule has 0 amide bonds. The Hall–Kier alpha value is -11.5. The fourth-order valence-electron chi connectivity index (χ4n) is 15.5. The molecule has 0 saturated carbocycles. The van der Waals surface area contributed by atoms with Gasteiger partial charge in [0.15, 0.2) is 0 Å². The first-order chi connectivity index (χ1) is 45.1. The molecule has 0 saturated heterocycles. The Kier molecular flexibility index (Phi) is 12.0. The van der Waals surface area contributed by atoms with Gasteiger partial charge in [0.25, 0.3) is 0 Å². The molecule has 3 aromatic heterocycles. The molecule has 2 aliphatic rings. The average Bonchev–Trinajstić information content (AvgIpc) is 1.59. The molecule has 0 N–H and O–H groups in total. The largest absolute Gasteiger partial charge is 0.309 e. The summed E-state index contributed by atoms with van der Waals surface area (Å²) in [5.41, 5.74) is 31.5. The summed E-state index contributed by atoms with van der Waals surface area (Å²) in [5, 5.41) is 4.71. The number of hydrogen-bond donors (Lipinski definition) is 0. The quantitative estimate of drug-likeness (QED) is 0.144. The van der Waals surface area contributed by atoms with E-state index in [-0.39, 0.29) is 10.8 Å². The topological polar surface area (TPSA) is 35.6 Å². The maximum atomic E-state index is 5.67. The summed E-state index contributed by atoms with van der Waals surface area (Å²) in [5.74, 6) is 0.603. The Morgan fingerprint density at radius 3 is 1.21 bits per heavy atom. The number of rotatable bonds is 9. The monoisotopic (exact) mass is 1170 g/mol. The van der Waals surface area contributed by atoms with Crippen molar-refractivity contribution in [2.75, 3.05) is 0 Å². The Bertz CT molecular complexity index is 5700. The number of aromatic nitrogens is 4. The van der Waals surface area contributed by atoms with Crippen molar-refractivity contribution in [2.45, 2.75) is 38.5 Å². The lowest BCUT2D eigenvalue weighted by atomic mass is 9.81. The smallest absolute Gasteiger partial charge is 0.235 e. The van der Waals surface area contributed by atoms with Gasteiger partial charge >= 0.3 is 0 Å². The van der Waals surface area contributed by atoms with Crippen LogP contribution in [0.4, 0.5) is 0 Å². The minimum Gasteiger partial charge on any atom is -0.309 e. The van der Waals surface area contributed by atoms with E-state index in [1.807, 2.05) is 0 Å². The molecule has 0 atom stereocenters. The van der Waals surface area contributed by atoms with E-state index in [0.717, 1.165) is 72.2 Å². The number of para-hydroxylation sites is 2. The van der Waals surface area contributed by atoms with Crippen molar-refractivity contribution < 1.29 is 0 Å². The van der Waals surface area contributed by atoms with Gasteiger partial charge in [-0.15, -0.1) is 0 Å². The Balaban J connectivity index is 0.789. The van der Waals surface area contributed by atoms with Gasteiger partial charge < -0.3 is 4.57 Å². The van der Waals surface area contributed by atoms with Gasteiger partial charge in [-0.05, 0) is 179 Å². The molecule has 2 aliphatic carbocycles. The molecule has 0 radical (unpaired) electrons. The van der Waals surface area contributed by atoms with Crippen LogP contribution in [0, 0.1) is 0 Å². The van der Waals surface area contributed by atoms with Gasteiger partial charge in [-0.25, -0.2) is 9.97 Å². The zero-order valence-electron chi connectivity index (χ0n) is 51.7. The molecule has 4 nitrogen and oxygen atoms in total. The third-order valence-corrected chi connectivity index (χ3v) is 20.2. The lowest BCUT2D eigenvalue weighted by Crippen LogP contribution is -2.14. The van der Waals surface area contributed by atoms with Crippen LogP contribution >= 0.6 is 0 Å². The van der Waals surface area contributed by atoms with E-state index < -0.39 is 0 Å². The summed E-state index contributed by atoms with van der Waals surface area (Å²) in [6.45, 7) is 9.42. The molecule has 16 aromatic rings. The van der Waals surface area contributed by atoms with E-state index in [2.05, 4.69) is 340 Å². The van der Waals surface area contributed by atoms with Crippen molar-refractivity contribution >= 4 is 43.6 Å². The highest BCUT2D eigenvalue weighted by molar-refractivity contribution is 6.12. The highest BCUT2D eigenvalue weighted by Gasteiger charge is 2.37. The van der Waals surface area contributed by atoms with Gasteiger partial charge in [0.1, 0.15) is 0 Å². The average molecular weight is 1180 g/mol. The van der Waals surface area contributed by atoms with Crippen molar-refractivity contribution in [3.05, 3.63) is 326 Å². The maximum absolute atomic E-state index is 5.67. The third kappa shape index (κ3) is 8.37. The van der Waals surface area contributed by atoms with Crippen LogP contribution in [-0.2, 0) is 10.8 Å². The number of hydrogen-bond acceptors (Lipinski definition) is 2. The Morgan fingerprint density at radius 1 is 0.228 bits per heavy atom. The molecule has 0 aliphatic heterocycles. The van der Waals surface area contributed by atoms with Gasteiger partial charge in [0.05, 0.1) is 33.5 Å². The fraction of sp³-hybridized carbons (Fsp3) is 0.0682. The second-order valence-electron chi connectivity index (χ2n) is 26.1. The molecule has 434 valence electrons. The summed E-state index contributed by atoms with van der Waals surface area (Å²) in [4.78, 5) is 11.3. The van der Waals surface area contributed by atoms with Crippen LogP contribution in [0.5, 0.6) is 0 Å². The van der Waals surface area contributed by atoms with Gasteiger partial charge in [-0.3, -0.25) is 4.57 Å². The van der Waals surface area contributed by atoms with Crippen LogP contribution in [0.1, 0.15) is 49.9 Å². The minimum atomic E-state index is -0.109. The summed E-state index contributed by atoms with van der Waals surface area (Å²) in [7, 11) is 0. The zero-order valence-corrected chi connectivity index (χ0v) is 51.7. The van der Waals surface area contributed by atoms with E-state index in [1.165, 1.54) is 99.8 Å². The van der Waals surface area contributed by atoms with Gasteiger partial charge in [0, 0.05) is 49.2 Å². The molecule has 4 heteroatoms. The van der Waals surface area contributed by atoms with Crippen LogP contribution < -0.4 is 0 Å². The zero-order chi connectivity index (χ0) is 61.4. The normalized spacial score (nSPS) is 13.4. The first kappa shape index (κ1) is 53.6. The van der Waals surface area contributed by atoms with Gasteiger partial charge in [-0.2, -0.15) is 0 Å². The molecule has 3 heterocycles. The molecular weight excluding hydrogens is 1110 g/mol. The Morgan fingerprint density at radius 2 is 0.620 bits per heavy atom. The number of fused-ring (bicyclic) bond motifs is 12. The molecular formula is C88H62N4. The minimum absolute atomic E-state index is 0.0887. The maximum Gasteiger partial charge on any atom is 0.235 e. The standard InChI is InChI=1S/C88H62N4/c1-87(2)76-33-15-11-29-67(76)69-43-38-61(52-78(69)87)59-40-45-84-74(50-59)71-31-13-17-35-82(71)91(84)65-28-20-27-64(48-65)81-54-80(63-26-19-25-57(47-63)58-37-42-66(55-21-7-5-8-22-55)73(49-58)56-23-9-6-10-24-56)89-86(90-81)92-83-36-18-14-32-72(83)75-51-60(41-46-85(75)92)62-39-44-70-68-30-12-16-34-77(68)88(3,4)79(70)53-62/h5-54H,1-4H3. The summed E-state index contributed by atoms with van der Waals surface area (Å²) in [6, 6.07) is 112. The second-order valence-corrected chi connectivity index (χ2v) is 26.1. The summed E-state index contributed by atoms with van der Waals surface area (Å²) >= 11 is 0. The molecule has 0 bridgehead atoms. The van der Waals surface area contributed by atoms with Crippen LogP contribution in [0.15, 0.2) is 303 Å². The van der Waals surface area contributed by atoms with Gasteiger partial charge in [0.2, 0.25) is 5.95 Å².